The summed E-state index contributed by atoms with van der Waals surface area (Å²) in [6.45, 7) is 0. The average Bonchev–Trinajstić information content (AvgIpc) is 3.14. The summed E-state index contributed by atoms with van der Waals surface area (Å²) in [5, 5.41) is 22.4. The van der Waals surface area contributed by atoms with Gasteiger partial charge in [-0.15, -0.1) is 55.4 Å². The lowest BCUT2D eigenvalue weighted by molar-refractivity contribution is 1.69. The molecule has 0 aromatic heterocycles. The van der Waals surface area contributed by atoms with Crippen LogP contribution in [0.5, 0.6) is 0 Å². The molecular formula is C42H30Br2P6. The number of hydrogen-bond donors (Lipinski definition) is 0. The molecule has 0 amide bonds. The van der Waals surface area contributed by atoms with Crippen LogP contribution in [-0.2, 0) is 0 Å². The van der Waals surface area contributed by atoms with E-state index in [1.54, 1.807) is 0 Å². The Kier molecular flexibility index (Phi) is 8.73. The van der Waals surface area contributed by atoms with Crippen molar-refractivity contribution in [3.8, 4) is 22.3 Å². The van der Waals surface area contributed by atoms with E-state index in [0.717, 1.165) is 8.95 Å². The second-order valence-electron chi connectivity index (χ2n) is 12.9. The Morgan fingerprint density at radius 1 is 0.240 bits per heavy atom. The molecule has 0 bridgehead atoms. The Hall–Kier alpha value is -1.92. The van der Waals surface area contributed by atoms with Crippen molar-refractivity contribution in [1.82, 2.24) is 0 Å². The topological polar surface area (TPSA) is 0 Å². The maximum atomic E-state index is 3.72. The zero-order chi connectivity index (χ0) is 34.6. The minimum Gasteiger partial charge on any atom is -0.104 e. The molecular weight excluding hydrogens is 850 g/mol. The molecule has 0 heterocycles. The largest absolute Gasteiger partial charge is 0.104 e. The van der Waals surface area contributed by atoms with E-state index in [1.807, 2.05) is 0 Å². The quantitative estimate of drug-likeness (QED) is 0.120. The first-order valence-electron chi connectivity index (χ1n) is 16.0. The molecule has 0 spiro atoms. The highest BCUT2D eigenvalue weighted by molar-refractivity contribution is 9.10. The number of fused-ring (bicyclic) bond motifs is 9. The molecule has 0 aliphatic carbocycles. The minimum atomic E-state index is 1.09. The smallest absolute Gasteiger partial charge is 0.0181 e. The predicted octanol–water partition coefficient (Wildman–Crippen LogP) is 10.5. The Morgan fingerprint density at radius 3 is 0.680 bits per heavy atom. The fourth-order valence-electron chi connectivity index (χ4n) is 7.54. The number of halogens is 2. The molecule has 0 saturated carbocycles. The van der Waals surface area contributed by atoms with Crippen LogP contribution in [0.4, 0.5) is 0 Å². The lowest BCUT2D eigenvalue weighted by atomic mass is 9.92. The minimum absolute atomic E-state index is 1.09. The highest BCUT2D eigenvalue weighted by Gasteiger charge is 2.16. The summed E-state index contributed by atoms with van der Waals surface area (Å²) in [6.07, 6.45) is 0. The summed E-state index contributed by atoms with van der Waals surface area (Å²) in [6, 6.07) is 40.8. The van der Waals surface area contributed by atoms with E-state index in [4.69, 9.17) is 0 Å². The fraction of sp³-hybridized carbons (Fsp3) is 0. The van der Waals surface area contributed by atoms with Crippen LogP contribution in [0.3, 0.4) is 0 Å². The number of benzene rings is 9. The normalized spacial score (nSPS) is 12.0. The van der Waals surface area contributed by atoms with Gasteiger partial charge in [-0.05, 0) is 167 Å². The fourth-order valence-corrected chi connectivity index (χ4v) is 10.7. The van der Waals surface area contributed by atoms with Gasteiger partial charge in [0.1, 0.15) is 0 Å². The first-order valence-corrected chi connectivity index (χ1v) is 21.1. The van der Waals surface area contributed by atoms with Gasteiger partial charge in [-0.1, -0.05) is 92.5 Å². The van der Waals surface area contributed by atoms with Crippen molar-refractivity contribution in [2.24, 2.45) is 0 Å². The zero-order valence-corrected chi connectivity index (χ0v) is 36.7. The Balaban J connectivity index is 1.26. The molecule has 9 aromatic rings. The highest BCUT2D eigenvalue weighted by Crippen LogP contribution is 2.37. The van der Waals surface area contributed by atoms with Crippen molar-refractivity contribution in [1.29, 1.82) is 0 Å². The van der Waals surface area contributed by atoms with Crippen molar-refractivity contribution < 1.29 is 0 Å². The molecule has 0 saturated heterocycles. The molecule has 0 radical (unpaired) electrons. The van der Waals surface area contributed by atoms with Gasteiger partial charge in [0.05, 0.1) is 0 Å². The van der Waals surface area contributed by atoms with Crippen molar-refractivity contribution in [2.45, 2.75) is 0 Å². The lowest BCUT2D eigenvalue weighted by Crippen LogP contribution is -2.14. The Morgan fingerprint density at radius 2 is 0.440 bits per heavy atom. The van der Waals surface area contributed by atoms with E-state index < -0.39 is 0 Å². The summed E-state index contributed by atoms with van der Waals surface area (Å²) in [4.78, 5) is 0. The van der Waals surface area contributed by atoms with E-state index in [2.05, 4.69) is 196 Å². The van der Waals surface area contributed by atoms with Crippen LogP contribution in [0.15, 0.2) is 118 Å². The summed E-state index contributed by atoms with van der Waals surface area (Å²) >= 11 is 7.44. The maximum Gasteiger partial charge on any atom is 0.0181 e. The van der Waals surface area contributed by atoms with Crippen molar-refractivity contribution in [2.75, 3.05) is 0 Å². The van der Waals surface area contributed by atoms with Crippen molar-refractivity contribution in [3.63, 3.8) is 0 Å². The van der Waals surface area contributed by atoms with Crippen LogP contribution in [-0.4, -0.2) is 0 Å². The van der Waals surface area contributed by atoms with E-state index >= 15 is 0 Å². The monoisotopic (exact) mass is 878 g/mol. The van der Waals surface area contributed by atoms with E-state index in [0.29, 0.717) is 0 Å². The molecule has 9 rings (SSSR count). The average molecular weight is 880 g/mol. The van der Waals surface area contributed by atoms with Crippen LogP contribution in [0.2, 0.25) is 0 Å². The van der Waals surface area contributed by atoms with Gasteiger partial charge in [-0.3, -0.25) is 0 Å². The van der Waals surface area contributed by atoms with Crippen molar-refractivity contribution in [3.05, 3.63) is 118 Å². The van der Waals surface area contributed by atoms with Crippen LogP contribution in [0.1, 0.15) is 0 Å². The molecule has 9 aromatic carbocycles. The molecule has 6 atom stereocenters. The second kappa shape index (κ2) is 12.9. The maximum absolute atomic E-state index is 3.72. The van der Waals surface area contributed by atoms with Gasteiger partial charge in [-0.25, -0.2) is 0 Å². The van der Waals surface area contributed by atoms with Crippen LogP contribution in [0.25, 0.3) is 86.9 Å². The standard InChI is InChI=1S/C42H30Br2P6/c43-23-5-11-29-35(17-23)33-15-21(3-9-27(33)39(47)41(29)49)19-1-7-25-31(13-19)32-14-20(2-8-26(32)38(46)37(25)45)22-4-10-28-34(16-22)36-18-24(44)6-12-30(36)42(50)40(28)48/h1-18H,45-50H2. The summed E-state index contributed by atoms with van der Waals surface area (Å²) in [5.74, 6) is 0. The van der Waals surface area contributed by atoms with Gasteiger partial charge in [0.25, 0.3) is 0 Å². The van der Waals surface area contributed by atoms with Crippen LogP contribution in [0, 0.1) is 0 Å². The lowest BCUT2D eigenvalue weighted by Gasteiger charge is -2.16. The van der Waals surface area contributed by atoms with Crippen LogP contribution >= 0.6 is 87.3 Å². The Labute approximate surface area is 321 Å². The molecule has 0 N–H and O–H groups in total. The number of hydrogen-bond acceptors (Lipinski definition) is 0. The molecule has 0 aliphatic rings. The third kappa shape index (κ3) is 5.37. The van der Waals surface area contributed by atoms with E-state index in [9.17, 15) is 0 Å². The summed E-state index contributed by atoms with van der Waals surface area (Å²) in [7, 11) is 17.8. The van der Waals surface area contributed by atoms with E-state index in [1.165, 1.54) is 119 Å². The van der Waals surface area contributed by atoms with Gasteiger partial charge in [0, 0.05) is 8.95 Å². The first kappa shape index (κ1) is 33.9. The SMILES string of the molecule is Pc1c(P)c2ccc(-c3ccc4c(P)c(P)c5ccc(-c6ccc7c(P)c(P)c8ccc(Br)cc8c7c6)cc5c4c3)cc2c2cc(Br)ccc12. The second-order valence-corrected chi connectivity index (χ2v) is 18.2. The van der Waals surface area contributed by atoms with Gasteiger partial charge in [-0.2, -0.15) is 0 Å². The molecule has 50 heavy (non-hydrogen) atoms. The molecule has 0 fully saturated rings. The first-order chi connectivity index (χ1) is 24.1. The van der Waals surface area contributed by atoms with Crippen LogP contribution < -0.4 is 31.8 Å². The van der Waals surface area contributed by atoms with Crippen molar-refractivity contribution >= 4 is 184 Å². The zero-order valence-electron chi connectivity index (χ0n) is 26.6. The molecule has 0 aliphatic heterocycles. The van der Waals surface area contributed by atoms with Gasteiger partial charge in [0.2, 0.25) is 0 Å². The molecule has 242 valence electrons. The summed E-state index contributed by atoms with van der Waals surface area (Å²) < 4.78 is 2.17. The Bertz CT molecular complexity index is 2770. The summed E-state index contributed by atoms with van der Waals surface area (Å²) in [5.41, 5.74) is 4.83. The molecule has 6 unspecified atom stereocenters. The van der Waals surface area contributed by atoms with Gasteiger partial charge in [0.15, 0.2) is 0 Å². The third-order valence-electron chi connectivity index (χ3n) is 10.2. The number of rotatable bonds is 2. The van der Waals surface area contributed by atoms with Gasteiger partial charge < -0.3 is 0 Å². The predicted molar refractivity (Wildman–Crippen MR) is 254 cm³/mol. The molecule has 0 nitrogen and oxygen atoms in total. The third-order valence-corrected chi connectivity index (χ3v) is 15.9. The van der Waals surface area contributed by atoms with Gasteiger partial charge >= 0.3 is 0 Å². The molecule has 8 heteroatoms. The highest BCUT2D eigenvalue weighted by atomic mass is 79.9. The van der Waals surface area contributed by atoms with E-state index in [-0.39, 0.29) is 0 Å².